The quantitative estimate of drug-likeness (QED) is 0.739. The summed E-state index contributed by atoms with van der Waals surface area (Å²) in [6.45, 7) is 1.15. The van der Waals surface area contributed by atoms with Gasteiger partial charge >= 0.3 is 0 Å². The molecule has 2 aromatic carbocycles. The maximum Gasteiger partial charge on any atom is 0.134 e. The fourth-order valence-corrected chi connectivity index (χ4v) is 3.90. The molecule has 2 aliphatic rings. The zero-order chi connectivity index (χ0) is 17.2. The van der Waals surface area contributed by atoms with Crippen molar-refractivity contribution >= 4 is 5.69 Å². The third kappa shape index (κ3) is 2.97. The minimum atomic E-state index is 0.123. The van der Waals surface area contributed by atoms with E-state index in [2.05, 4.69) is 34.6 Å². The van der Waals surface area contributed by atoms with E-state index in [9.17, 15) is 5.11 Å². The molecule has 4 rings (SSSR count). The van der Waals surface area contributed by atoms with Gasteiger partial charge in [0.25, 0.3) is 0 Å². The van der Waals surface area contributed by atoms with Crippen molar-refractivity contribution in [2.24, 2.45) is 5.92 Å². The molecule has 0 unspecified atom stereocenters. The molecule has 3 atom stereocenters. The smallest absolute Gasteiger partial charge is 0.134 e. The molecule has 0 bridgehead atoms. The number of methoxy groups -OCH3 is 1. The van der Waals surface area contributed by atoms with Crippen LogP contribution in [0.1, 0.15) is 29.2 Å². The largest absolute Gasteiger partial charge is 0.495 e. The van der Waals surface area contributed by atoms with E-state index in [4.69, 9.17) is 4.74 Å². The molecule has 0 radical (unpaired) electrons. The van der Waals surface area contributed by atoms with Gasteiger partial charge in [-0.1, -0.05) is 24.0 Å². The molecule has 0 amide bonds. The van der Waals surface area contributed by atoms with Gasteiger partial charge in [-0.25, -0.2) is 0 Å². The molecule has 0 spiro atoms. The first-order valence-electron chi connectivity index (χ1n) is 8.70. The molecule has 0 aliphatic carbocycles. The fraction of sp³-hybridized carbons (Fsp3) is 0.333. The SMILES string of the molecule is COc1ccccc1C#Cc1ccc2c(c1)[C@H]1NCC[C@H]1[C@@H](CO)N2. The van der Waals surface area contributed by atoms with Gasteiger partial charge in [0.1, 0.15) is 5.75 Å². The molecule has 4 nitrogen and oxygen atoms in total. The van der Waals surface area contributed by atoms with Crippen LogP contribution < -0.4 is 15.4 Å². The summed E-state index contributed by atoms with van der Waals surface area (Å²) >= 11 is 0. The molecule has 128 valence electrons. The second-order valence-corrected chi connectivity index (χ2v) is 6.57. The fourth-order valence-electron chi connectivity index (χ4n) is 3.90. The molecule has 0 saturated carbocycles. The third-order valence-corrected chi connectivity index (χ3v) is 5.16. The average Bonchev–Trinajstić information content (AvgIpc) is 3.16. The van der Waals surface area contributed by atoms with E-state index >= 15 is 0 Å². The molecule has 2 aromatic rings. The summed E-state index contributed by atoms with van der Waals surface area (Å²) in [5.74, 6) is 7.68. The van der Waals surface area contributed by atoms with Crippen molar-refractivity contribution in [2.75, 3.05) is 25.6 Å². The van der Waals surface area contributed by atoms with Crippen LogP contribution >= 0.6 is 0 Å². The van der Waals surface area contributed by atoms with Crippen LogP contribution in [0.25, 0.3) is 0 Å². The van der Waals surface area contributed by atoms with Gasteiger partial charge in [-0.15, -0.1) is 0 Å². The lowest BCUT2D eigenvalue weighted by Gasteiger charge is -2.36. The van der Waals surface area contributed by atoms with Crippen molar-refractivity contribution < 1.29 is 9.84 Å². The molecular weight excluding hydrogens is 312 g/mol. The van der Waals surface area contributed by atoms with E-state index in [0.717, 1.165) is 35.5 Å². The van der Waals surface area contributed by atoms with Gasteiger partial charge in [-0.05, 0) is 48.9 Å². The molecule has 2 heterocycles. The molecule has 0 aromatic heterocycles. The van der Waals surface area contributed by atoms with Gasteiger partial charge in [-0.2, -0.15) is 0 Å². The number of fused-ring (bicyclic) bond motifs is 3. The molecular formula is C21H22N2O2. The second-order valence-electron chi connectivity index (χ2n) is 6.57. The van der Waals surface area contributed by atoms with Crippen LogP contribution in [0.15, 0.2) is 42.5 Å². The summed E-state index contributed by atoms with van der Waals surface area (Å²) in [6.07, 6.45) is 1.08. The summed E-state index contributed by atoms with van der Waals surface area (Å²) in [5.41, 5.74) is 4.22. The van der Waals surface area contributed by atoms with E-state index in [1.807, 2.05) is 30.3 Å². The number of para-hydroxylation sites is 1. The van der Waals surface area contributed by atoms with Crippen molar-refractivity contribution in [1.29, 1.82) is 0 Å². The Morgan fingerprint density at radius 1 is 1.20 bits per heavy atom. The number of hydrogen-bond acceptors (Lipinski definition) is 4. The molecule has 3 N–H and O–H groups in total. The molecule has 1 fully saturated rings. The molecule has 2 aliphatic heterocycles. The van der Waals surface area contributed by atoms with Gasteiger partial charge in [-0.3, -0.25) is 0 Å². The van der Waals surface area contributed by atoms with Gasteiger partial charge in [0.05, 0.1) is 25.3 Å². The highest BCUT2D eigenvalue weighted by atomic mass is 16.5. The van der Waals surface area contributed by atoms with Crippen molar-refractivity contribution in [1.82, 2.24) is 5.32 Å². The number of rotatable bonds is 2. The Morgan fingerprint density at radius 2 is 2.08 bits per heavy atom. The number of aliphatic hydroxyl groups excluding tert-OH is 1. The Morgan fingerprint density at radius 3 is 2.92 bits per heavy atom. The highest BCUT2D eigenvalue weighted by molar-refractivity contribution is 5.61. The minimum absolute atomic E-state index is 0.123. The number of aliphatic hydroxyl groups is 1. The summed E-state index contributed by atoms with van der Waals surface area (Å²) in [5, 5.41) is 16.7. The van der Waals surface area contributed by atoms with Gasteiger partial charge in [0.15, 0.2) is 0 Å². The first kappa shape index (κ1) is 16.0. The lowest BCUT2D eigenvalue weighted by atomic mass is 9.83. The van der Waals surface area contributed by atoms with Crippen LogP contribution in [-0.2, 0) is 0 Å². The maximum absolute atomic E-state index is 9.65. The van der Waals surface area contributed by atoms with E-state index in [0.29, 0.717) is 12.0 Å². The Bertz CT molecular complexity index is 837. The van der Waals surface area contributed by atoms with Crippen molar-refractivity contribution in [3.8, 4) is 17.6 Å². The lowest BCUT2D eigenvalue weighted by Crippen LogP contribution is -2.40. The summed E-state index contributed by atoms with van der Waals surface area (Å²) in [6, 6.07) is 14.5. The Hall–Kier alpha value is -2.48. The Balaban J connectivity index is 1.67. The average molecular weight is 334 g/mol. The van der Waals surface area contributed by atoms with Crippen LogP contribution in [0.4, 0.5) is 5.69 Å². The highest BCUT2D eigenvalue weighted by Gasteiger charge is 2.39. The summed E-state index contributed by atoms with van der Waals surface area (Å²) in [4.78, 5) is 0. The molecule has 25 heavy (non-hydrogen) atoms. The number of benzene rings is 2. The predicted molar refractivity (Wildman–Crippen MR) is 98.8 cm³/mol. The molecule has 1 saturated heterocycles. The minimum Gasteiger partial charge on any atom is -0.495 e. The van der Waals surface area contributed by atoms with Crippen LogP contribution in [0.5, 0.6) is 5.75 Å². The van der Waals surface area contributed by atoms with Gasteiger partial charge in [0.2, 0.25) is 0 Å². The number of ether oxygens (including phenoxy) is 1. The van der Waals surface area contributed by atoms with Crippen LogP contribution in [0.3, 0.4) is 0 Å². The zero-order valence-electron chi connectivity index (χ0n) is 14.3. The van der Waals surface area contributed by atoms with E-state index in [1.165, 1.54) is 5.56 Å². The monoisotopic (exact) mass is 334 g/mol. The van der Waals surface area contributed by atoms with Crippen molar-refractivity contribution in [2.45, 2.75) is 18.5 Å². The summed E-state index contributed by atoms with van der Waals surface area (Å²) in [7, 11) is 1.66. The Kier molecular flexibility index (Phi) is 4.35. The topological polar surface area (TPSA) is 53.5 Å². The van der Waals surface area contributed by atoms with E-state index in [-0.39, 0.29) is 12.6 Å². The predicted octanol–water partition coefficient (Wildman–Crippen LogP) is 2.53. The highest BCUT2D eigenvalue weighted by Crippen LogP contribution is 2.41. The van der Waals surface area contributed by atoms with Crippen LogP contribution in [-0.4, -0.2) is 31.4 Å². The van der Waals surface area contributed by atoms with Crippen LogP contribution in [0, 0.1) is 17.8 Å². The van der Waals surface area contributed by atoms with Gasteiger partial charge < -0.3 is 20.5 Å². The Labute approximate surface area is 148 Å². The third-order valence-electron chi connectivity index (χ3n) is 5.16. The zero-order valence-corrected chi connectivity index (χ0v) is 14.3. The maximum atomic E-state index is 9.65. The number of anilines is 1. The lowest BCUT2D eigenvalue weighted by molar-refractivity contribution is 0.224. The van der Waals surface area contributed by atoms with Gasteiger partial charge in [0, 0.05) is 23.2 Å². The molecule has 4 heteroatoms. The van der Waals surface area contributed by atoms with Crippen molar-refractivity contribution in [3.63, 3.8) is 0 Å². The first-order chi connectivity index (χ1) is 12.3. The van der Waals surface area contributed by atoms with Crippen LogP contribution in [0.2, 0.25) is 0 Å². The standard InChI is InChI=1S/C21H22N2O2/c1-25-20-5-3-2-4-15(20)8-6-14-7-9-18-17(12-14)21-16(10-11-22-21)19(13-24)23-18/h2-5,7,9,12,16,19,21-24H,10-11,13H2,1H3/t16-,19+,21-/m0/s1. The van der Waals surface area contributed by atoms with E-state index in [1.54, 1.807) is 7.11 Å². The van der Waals surface area contributed by atoms with Crippen molar-refractivity contribution in [3.05, 3.63) is 59.2 Å². The summed E-state index contributed by atoms with van der Waals surface area (Å²) < 4.78 is 5.36. The number of nitrogens with one attached hydrogen (secondary N) is 2. The van der Waals surface area contributed by atoms with E-state index < -0.39 is 0 Å². The number of hydrogen-bond donors (Lipinski definition) is 3. The normalized spacial score (nSPS) is 23.7. The first-order valence-corrected chi connectivity index (χ1v) is 8.70. The second kappa shape index (κ2) is 6.79.